The molecule has 1 N–H and O–H groups in total. The summed E-state index contributed by atoms with van der Waals surface area (Å²) in [5.74, 6) is -0.861. The van der Waals surface area contributed by atoms with Crippen molar-refractivity contribution in [1.82, 2.24) is 5.32 Å². The van der Waals surface area contributed by atoms with Gasteiger partial charge < -0.3 is 10.1 Å². The Morgan fingerprint density at radius 1 is 1.44 bits per heavy atom. The van der Waals surface area contributed by atoms with E-state index in [2.05, 4.69) is 10.3 Å². The summed E-state index contributed by atoms with van der Waals surface area (Å²) in [4.78, 5) is 28.7. The summed E-state index contributed by atoms with van der Waals surface area (Å²) in [6, 6.07) is 0. The summed E-state index contributed by atoms with van der Waals surface area (Å²) in [7, 11) is 0. The number of aliphatic imine (C=N–C) groups is 1. The summed E-state index contributed by atoms with van der Waals surface area (Å²) in [6.45, 7) is 3.82. The zero-order chi connectivity index (χ0) is 13.2. The Labute approximate surface area is 107 Å². The van der Waals surface area contributed by atoms with Crippen LogP contribution in [0.5, 0.6) is 0 Å². The van der Waals surface area contributed by atoms with Gasteiger partial charge in [0.15, 0.2) is 5.92 Å². The topological polar surface area (TPSA) is 67.8 Å². The van der Waals surface area contributed by atoms with Crippen molar-refractivity contribution >= 4 is 17.7 Å². The molecule has 1 amide bonds. The van der Waals surface area contributed by atoms with Gasteiger partial charge in [0, 0.05) is 0 Å². The highest BCUT2D eigenvalue weighted by molar-refractivity contribution is 6.09. The second-order valence-electron chi connectivity index (χ2n) is 5.04. The minimum Gasteiger partial charge on any atom is -0.465 e. The molecule has 2 aliphatic rings. The van der Waals surface area contributed by atoms with Crippen LogP contribution >= 0.6 is 0 Å². The van der Waals surface area contributed by atoms with Crippen LogP contribution in [0.1, 0.15) is 46.0 Å². The van der Waals surface area contributed by atoms with Crippen LogP contribution in [-0.2, 0) is 14.3 Å². The minimum atomic E-state index is -0.776. The van der Waals surface area contributed by atoms with Gasteiger partial charge in [-0.3, -0.25) is 14.6 Å². The van der Waals surface area contributed by atoms with Gasteiger partial charge in [0.2, 0.25) is 5.91 Å². The molecule has 0 saturated heterocycles. The van der Waals surface area contributed by atoms with Crippen molar-refractivity contribution in [3.63, 3.8) is 0 Å². The second kappa shape index (κ2) is 5.08. The van der Waals surface area contributed by atoms with E-state index in [4.69, 9.17) is 4.74 Å². The monoisotopic (exact) mass is 252 g/mol. The van der Waals surface area contributed by atoms with Crippen molar-refractivity contribution in [3.8, 4) is 0 Å². The van der Waals surface area contributed by atoms with E-state index in [9.17, 15) is 9.59 Å². The third kappa shape index (κ3) is 2.26. The van der Waals surface area contributed by atoms with E-state index in [0.29, 0.717) is 12.4 Å². The van der Waals surface area contributed by atoms with Gasteiger partial charge in [-0.15, -0.1) is 0 Å². The van der Waals surface area contributed by atoms with E-state index in [-0.39, 0.29) is 5.91 Å². The number of hydrogen-bond acceptors (Lipinski definition) is 4. The second-order valence-corrected chi connectivity index (χ2v) is 5.04. The molecule has 1 fully saturated rings. The van der Waals surface area contributed by atoms with Gasteiger partial charge >= 0.3 is 5.97 Å². The molecule has 0 bridgehead atoms. The lowest BCUT2D eigenvalue weighted by Gasteiger charge is -2.41. The van der Waals surface area contributed by atoms with Gasteiger partial charge in [-0.1, -0.05) is 19.3 Å². The molecule has 1 aliphatic heterocycles. The number of hydrogen-bond donors (Lipinski definition) is 1. The van der Waals surface area contributed by atoms with Gasteiger partial charge in [0.1, 0.15) is 5.84 Å². The lowest BCUT2D eigenvalue weighted by Crippen LogP contribution is -2.56. The van der Waals surface area contributed by atoms with E-state index in [1.54, 1.807) is 13.8 Å². The molecule has 0 aromatic heterocycles. The maximum atomic E-state index is 12.1. The molecular weight excluding hydrogens is 232 g/mol. The summed E-state index contributed by atoms with van der Waals surface area (Å²) >= 11 is 0. The number of nitrogens with zero attached hydrogens (tertiary/aromatic N) is 1. The number of amidine groups is 1. The Hall–Kier alpha value is -1.39. The van der Waals surface area contributed by atoms with Crippen LogP contribution in [0.2, 0.25) is 0 Å². The first-order valence-electron chi connectivity index (χ1n) is 6.63. The zero-order valence-corrected chi connectivity index (χ0v) is 11.0. The molecular formula is C13H20N2O3. The molecule has 1 unspecified atom stereocenters. The molecule has 5 heteroatoms. The quantitative estimate of drug-likeness (QED) is 0.597. The minimum absolute atomic E-state index is 0.261. The smallest absolute Gasteiger partial charge is 0.321 e. The van der Waals surface area contributed by atoms with Crippen molar-refractivity contribution in [3.05, 3.63) is 0 Å². The highest BCUT2D eigenvalue weighted by Crippen LogP contribution is 2.40. The number of amides is 1. The Morgan fingerprint density at radius 2 is 2.11 bits per heavy atom. The van der Waals surface area contributed by atoms with Crippen molar-refractivity contribution in [2.45, 2.75) is 51.5 Å². The number of carbonyl (C=O) groups excluding carboxylic acids is 2. The molecule has 0 aromatic carbocycles. The molecule has 2 rings (SSSR count). The van der Waals surface area contributed by atoms with Crippen LogP contribution in [0, 0.1) is 5.92 Å². The first kappa shape index (κ1) is 13.1. The van der Waals surface area contributed by atoms with Crippen LogP contribution in [0.4, 0.5) is 0 Å². The van der Waals surface area contributed by atoms with E-state index in [0.717, 1.165) is 32.1 Å². The first-order valence-corrected chi connectivity index (χ1v) is 6.63. The predicted octanol–water partition coefficient (Wildman–Crippen LogP) is 1.42. The Morgan fingerprint density at radius 3 is 2.72 bits per heavy atom. The van der Waals surface area contributed by atoms with Crippen molar-refractivity contribution in [1.29, 1.82) is 0 Å². The van der Waals surface area contributed by atoms with E-state index < -0.39 is 17.4 Å². The lowest BCUT2D eigenvalue weighted by molar-refractivity contribution is -0.156. The van der Waals surface area contributed by atoms with Crippen molar-refractivity contribution in [2.24, 2.45) is 10.9 Å². The Kier molecular flexibility index (Phi) is 3.68. The van der Waals surface area contributed by atoms with Crippen LogP contribution in [-0.4, -0.2) is 29.9 Å². The molecule has 5 nitrogen and oxygen atoms in total. The molecule has 1 atom stereocenters. The fourth-order valence-electron chi connectivity index (χ4n) is 3.04. The number of rotatable bonds is 2. The SMILES string of the molecule is CCOC(=O)C1C(=O)NC(C)=NC12CCCCC2. The number of esters is 1. The van der Waals surface area contributed by atoms with E-state index in [1.165, 1.54) is 0 Å². The van der Waals surface area contributed by atoms with Crippen LogP contribution in [0.25, 0.3) is 0 Å². The summed E-state index contributed by atoms with van der Waals surface area (Å²) in [6.07, 6.45) is 4.76. The van der Waals surface area contributed by atoms with E-state index >= 15 is 0 Å². The third-order valence-electron chi connectivity index (χ3n) is 3.74. The summed E-state index contributed by atoms with van der Waals surface area (Å²) in [5, 5.41) is 2.65. The van der Waals surface area contributed by atoms with Gasteiger partial charge in [-0.05, 0) is 26.7 Å². The van der Waals surface area contributed by atoms with E-state index in [1.807, 2.05) is 0 Å². The maximum Gasteiger partial charge on any atom is 0.321 e. The summed E-state index contributed by atoms with van der Waals surface area (Å²) < 4.78 is 5.05. The van der Waals surface area contributed by atoms with Crippen molar-refractivity contribution in [2.75, 3.05) is 6.61 Å². The predicted molar refractivity (Wildman–Crippen MR) is 67.2 cm³/mol. The van der Waals surface area contributed by atoms with Gasteiger partial charge in [0.25, 0.3) is 0 Å². The molecule has 1 saturated carbocycles. The molecule has 100 valence electrons. The third-order valence-corrected chi connectivity index (χ3v) is 3.74. The average molecular weight is 252 g/mol. The number of carbonyl (C=O) groups is 2. The molecule has 1 aliphatic carbocycles. The molecule has 1 spiro atoms. The zero-order valence-electron chi connectivity index (χ0n) is 11.0. The average Bonchev–Trinajstić information content (AvgIpc) is 2.28. The number of nitrogens with one attached hydrogen (secondary N) is 1. The van der Waals surface area contributed by atoms with Gasteiger partial charge in [0.05, 0.1) is 12.1 Å². The highest BCUT2D eigenvalue weighted by atomic mass is 16.5. The van der Waals surface area contributed by atoms with Gasteiger partial charge in [-0.2, -0.15) is 0 Å². The van der Waals surface area contributed by atoms with Crippen LogP contribution in [0.15, 0.2) is 4.99 Å². The summed E-state index contributed by atoms with van der Waals surface area (Å²) in [5.41, 5.74) is -0.559. The lowest BCUT2D eigenvalue weighted by atomic mass is 9.72. The fourth-order valence-corrected chi connectivity index (χ4v) is 3.04. The van der Waals surface area contributed by atoms with Crippen LogP contribution in [0.3, 0.4) is 0 Å². The van der Waals surface area contributed by atoms with Crippen molar-refractivity contribution < 1.29 is 14.3 Å². The standard InChI is InChI=1S/C13H20N2O3/c1-3-18-12(17)10-11(16)14-9(2)15-13(10)7-5-4-6-8-13/h10H,3-8H2,1-2H3,(H,14,15,16). The molecule has 0 aromatic rings. The fraction of sp³-hybridized carbons (Fsp3) is 0.769. The Balaban J connectivity index is 2.33. The molecule has 18 heavy (non-hydrogen) atoms. The Bertz CT molecular complexity index is 384. The molecule has 1 heterocycles. The number of ether oxygens (including phenoxy) is 1. The first-order chi connectivity index (χ1) is 8.59. The highest BCUT2D eigenvalue weighted by Gasteiger charge is 2.51. The largest absolute Gasteiger partial charge is 0.465 e. The van der Waals surface area contributed by atoms with Gasteiger partial charge in [-0.25, -0.2) is 0 Å². The maximum absolute atomic E-state index is 12.1. The normalized spacial score (nSPS) is 26.4. The van der Waals surface area contributed by atoms with Crippen LogP contribution < -0.4 is 5.32 Å². The molecule has 0 radical (unpaired) electrons.